The largest absolute Gasteiger partial charge is 0.478 e. The van der Waals surface area contributed by atoms with Gasteiger partial charge in [-0.15, -0.1) is 0 Å². The average molecular weight is 449 g/mol. The van der Waals surface area contributed by atoms with Crippen LogP contribution in [-0.4, -0.2) is 40.1 Å². The maximum atomic E-state index is 10.5. The first kappa shape index (κ1) is 17.9. The topological polar surface area (TPSA) is 65.5 Å². The molecule has 1 aromatic heterocycles. The molecule has 1 aliphatic heterocycles. The number of aromatic nitrogens is 1. The van der Waals surface area contributed by atoms with Crippen molar-refractivity contribution >= 4 is 40.5 Å². The highest BCUT2D eigenvalue weighted by molar-refractivity contribution is 14.1. The van der Waals surface area contributed by atoms with Gasteiger partial charge in [0.05, 0.1) is 4.05 Å². The summed E-state index contributed by atoms with van der Waals surface area (Å²) in [6, 6.07) is 14.7. The van der Waals surface area contributed by atoms with Crippen LogP contribution in [0.5, 0.6) is 0 Å². The highest BCUT2D eigenvalue weighted by Crippen LogP contribution is 2.31. The van der Waals surface area contributed by atoms with Gasteiger partial charge >= 0.3 is 5.97 Å². The Morgan fingerprint density at radius 2 is 2.12 bits per heavy atom. The Balaban J connectivity index is 1.55. The van der Waals surface area contributed by atoms with E-state index in [0.29, 0.717) is 10.1 Å². The second-order valence-electron chi connectivity index (χ2n) is 6.02. The third kappa shape index (κ3) is 5.02. The van der Waals surface area contributed by atoms with Gasteiger partial charge in [-0.2, -0.15) is 0 Å². The van der Waals surface area contributed by atoms with Gasteiger partial charge in [-0.1, -0.05) is 52.9 Å². The van der Waals surface area contributed by atoms with E-state index in [1.54, 1.807) is 6.20 Å². The van der Waals surface area contributed by atoms with E-state index in [1.807, 2.05) is 18.2 Å². The first-order valence-electron chi connectivity index (χ1n) is 8.18. The molecule has 0 amide bonds. The Kier molecular flexibility index (Phi) is 6.04. The number of aliphatic carboxylic acids is 1. The summed E-state index contributed by atoms with van der Waals surface area (Å²) in [5, 5.41) is 12.1. The van der Waals surface area contributed by atoms with Crippen molar-refractivity contribution in [3.8, 4) is 0 Å². The molecule has 1 unspecified atom stereocenters. The zero-order chi connectivity index (χ0) is 17.6. The molecule has 2 heterocycles. The third-order valence-corrected chi connectivity index (χ3v) is 5.68. The number of carboxylic acids is 1. The summed E-state index contributed by atoms with van der Waals surface area (Å²) in [6.45, 7) is 2.03. The molecule has 0 aliphatic carbocycles. The van der Waals surface area contributed by atoms with Gasteiger partial charge in [0.15, 0.2) is 0 Å². The van der Waals surface area contributed by atoms with E-state index in [4.69, 9.17) is 5.11 Å². The number of alkyl halides is 1. The lowest BCUT2D eigenvalue weighted by atomic mass is 10.2. The van der Waals surface area contributed by atoms with Gasteiger partial charge in [0.1, 0.15) is 5.82 Å². The van der Waals surface area contributed by atoms with E-state index in [0.717, 1.165) is 37.0 Å². The van der Waals surface area contributed by atoms with E-state index in [9.17, 15) is 4.79 Å². The minimum atomic E-state index is -0.958. The van der Waals surface area contributed by atoms with Gasteiger partial charge < -0.3 is 10.4 Å². The third-order valence-electron chi connectivity index (χ3n) is 4.17. The second kappa shape index (κ2) is 8.44. The Morgan fingerprint density at radius 1 is 1.32 bits per heavy atom. The van der Waals surface area contributed by atoms with Crippen molar-refractivity contribution in [2.24, 2.45) is 0 Å². The van der Waals surface area contributed by atoms with Crippen LogP contribution in [0.15, 0.2) is 54.7 Å². The van der Waals surface area contributed by atoms with Crippen LogP contribution in [0.1, 0.15) is 21.6 Å². The summed E-state index contributed by atoms with van der Waals surface area (Å²) in [5.74, 6) is -0.135. The van der Waals surface area contributed by atoms with Crippen LogP contribution in [0.3, 0.4) is 0 Å². The molecule has 3 rings (SSSR count). The number of carbonyl (C=O) groups is 1. The summed E-state index contributed by atoms with van der Waals surface area (Å²) >= 11 is 2.50. The van der Waals surface area contributed by atoms with E-state index in [1.165, 1.54) is 11.6 Å². The van der Waals surface area contributed by atoms with Crippen molar-refractivity contribution < 1.29 is 9.90 Å². The van der Waals surface area contributed by atoms with Crippen LogP contribution in [0, 0.1) is 0 Å². The molecule has 0 saturated carbocycles. The number of anilines is 1. The Morgan fingerprint density at radius 3 is 2.80 bits per heavy atom. The van der Waals surface area contributed by atoms with E-state index < -0.39 is 5.97 Å². The molecule has 2 atom stereocenters. The fourth-order valence-electron chi connectivity index (χ4n) is 2.90. The smallest absolute Gasteiger partial charge is 0.328 e. The minimum absolute atomic E-state index is 0.369. The Labute approximate surface area is 160 Å². The average Bonchev–Trinajstić information content (AvgIpc) is 3.09. The molecule has 25 heavy (non-hydrogen) atoms. The van der Waals surface area contributed by atoms with Crippen molar-refractivity contribution in [3.05, 3.63) is 65.9 Å². The molecule has 1 aromatic carbocycles. The van der Waals surface area contributed by atoms with Gasteiger partial charge in [0.25, 0.3) is 0 Å². The molecule has 130 valence electrons. The number of carboxylic acid groups (broad SMARTS) is 1. The lowest BCUT2D eigenvalue weighted by molar-refractivity contribution is -0.131. The first-order valence-corrected chi connectivity index (χ1v) is 9.43. The highest BCUT2D eigenvalue weighted by Gasteiger charge is 2.27. The molecule has 1 aliphatic rings. The van der Waals surface area contributed by atoms with Crippen molar-refractivity contribution in [2.45, 2.75) is 16.5 Å². The molecule has 0 spiro atoms. The number of hydrogen-bond donors (Lipinski definition) is 2. The Bertz CT molecular complexity index is 734. The zero-order valence-electron chi connectivity index (χ0n) is 13.7. The molecule has 0 bridgehead atoms. The number of hydrogen-bond acceptors (Lipinski definition) is 4. The normalized spacial score (nSPS) is 19.2. The van der Waals surface area contributed by atoms with Crippen LogP contribution in [0.25, 0.3) is 6.08 Å². The van der Waals surface area contributed by atoms with Crippen molar-refractivity contribution in [3.63, 3.8) is 0 Å². The van der Waals surface area contributed by atoms with Gasteiger partial charge in [0, 0.05) is 31.4 Å². The standard InChI is InChI=1S/C19H20IN3O2/c20-19(15-4-2-1-3-5-15)23-11-10-16(13-23)22-17-8-6-14(12-21-17)7-9-18(24)25/h1-9,12,16,19H,10-11,13H2,(H,21,22)(H,24,25)/t16-,19?/m1/s1. The minimum Gasteiger partial charge on any atom is -0.478 e. The monoisotopic (exact) mass is 449 g/mol. The van der Waals surface area contributed by atoms with E-state index in [-0.39, 0.29) is 0 Å². The fraction of sp³-hybridized carbons (Fsp3) is 0.263. The SMILES string of the molecule is O=C(O)C=Cc1ccc(N[C@@H]2CCN(C(I)c3ccccc3)C2)nc1. The summed E-state index contributed by atoms with van der Waals surface area (Å²) < 4.78 is 0.377. The number of nitrogens with zero attached hydrogens (tertiary/aromatic N) is 2. The zero-order valence-corrected chi connectivity index (χ0v) is 15.8. The van der Waals surface area contributed by atoms with Crippen LogP contribution in [-0.2, 0) is 4.79 Å². The van der Waals surface area contributed by atoms with Crippen molar-refractivity contribution in [1.82, 2.24) is 9.88 Å². The number of halogens is 1. The van der Waals surface area contributed by atoms with Gasteiger partial charge in [-0.25, -0.2) is 9.78 Å². The maximum absolute atomic E-state index is 10.5. The lowest BCUT2D eigenvalue weighted by Crippen LogP contribution is -2.27. The summed E-state index contributed by atoms with van der Waals surface area (Å²) in [4.78, 5) is 17.4. The van der Waals surface area contributed by atoms with E-state index >= 15 is 0 Å². The highest BCUT2D eigenvalue weighted by atomic mass is 127. The van der Waals surface area contributed by atoms with Crippen molar-refractivity contribution in [1.29, 1.82) is 0 Å². The maximum Gasteiger partial charge on any atom is 0.328 e. The van der Waals surface area contributed by atoms with Gasteiger partial charge in [0.2, 0.25) is 0 Å². The summed E-state index contributed by atoms with van der Waals surface area (Å²) in [7, 11) is 0. The molecule has 1 fully saturated rings. The predicted octanol–water partition coefficient (Wildman–Crippen LogP) is 3.80. The molecule has 2 N–H and O–H groups in total. The second-order valence-corrected chi connectivity index (χ2v) is 7.20. The van der Waals surface area contributed by atoms with Crippen LogP contribution < -0.4 is 5.32 Å². The van der Waals surface area contributed by atoms with Crippen LogP contribution in [0.2, 0.25) is 0 Å². The molecular weight excluding hydrogens is 429 g/mol. The summed E-state index contributed by atoms with van der Waals surface area (Å²) in [6.07, 6.45) is 5.41. The fourth-order valence-corrected chi connectivity index (χ4v) is 3.82. The van der Waals surface area contributed by atoms with Crippen molar-refractivity contribution in [2.75, 3.05) is 18.4 Å². The number of benzene rings is 1. The van der Waals surface area contributed by atoms with Crippen LogP contribution >= 0.6 is 22.6 Å². The molecule has 2 aromatic rings. The lowest BCUT2D eigenvalue weighted by Gasteiger charge is -2.23. The Hall–Kier alpha value is -1.93. The van der Waals surface area contributed by atoms with Gasteiger partial charge in [-0.3, -0.25) is 4.90 Å². The van der Waals surface area contributed by atoms with E-state index in [2.05, 4.69) is 62.1 Å². The number of nitrogens with one attached hydrogen (secondary N) is 1. The quantitative estimate of drug-likeness (QED) is 0.304. The molecular formula is C19H20IN3O2. The number of likely N-dealkylation sites (tertiary alicyclic amines) is 1. The molecule has 6 heteroatoms. The molecule has 5 nitrogen and oxygen atoms in total. The molecule has 0 radical (unpaired) electrons. The first-order chi connectivity index (χ1) is 12.1. The predicted molar refractivity (Wildman–Crippen MR) is 108 cm³/mol. The summed E-state index contributed by atoms with van der Waals surface area (Å²) in [5.41, 5.74) is 2.11. The molecule has 1 saturated heterocycles. The number of rotatable bonds is 6. The van der Waals surface area contributed by atoms with Crippen LogP contribution in [0.4, 0.5) is 5.82 Å². The van der Waals surface area contributed by atoms with Gasteiger partial charge in [-0.05, 0) is 35.8 Å². The number of pyridine rings is 1.